The molecule has 76 valence electrons. The Morgan fingerprint density at radius 2 is 1.80 bits per heavy atom. The van der Waals surface area contributed by atoms with Crippen molar-refractivity contribution in [2.24, 2.45) is 0 Å². The smallest absolute Gasteiger partial charge is 0.0381 e. The maximum Gasteiger partial charge on any atom is 0.0381 e. The lowest BCUT2D eigenvalue weighted by molar-refractivity contribution is 1.58. The zero-order valence-corrected chi connectivity index (χ0v) is 10.7. The summed E-state index contributed by atoms with van der Waals surface area (Å²) in [6.07, 6.45) is 0. The van der Waals surface area contributed by atoms with Crippen LogP contribution in [-0.2, 0) is 0 Å². The van der Waals surface area contributed by atoms with Gasteiger partial charge in [-0.05, 0) is 60.2 Å². The number of fused-ring (bicyclic) bond motifs is 2. The Hall–Kier alpha value is -0.860. The zero-order chi connectivity index (χ0) is 10.6. The molecule has 2 heterocycles. The first-order chi connectivity index (χ1) is 7.16. The fraction of sp³-hybridized carbons (Fsp3) is 0.231. The van der Waals surface area contributed by atoms with E-state index in [2.05, 4.69) is 38.3 Å². The van der Waals surface area contributed by atoms with E-state index >= 15 is 0 Å². The van der Waals surface area contributed by atoms with Crippen molar-refractivity contribution in [3.63, 3.8) is 0 Å². The number of rotatable bonds is 0. The van der Waals surface area contributed by atoms with Gasteiger partial charge in [0.15, 0.2) is 0 Å². The maximum atomic E-state index is 2.35. The van der Waals surface area contributed by atoms with Crippen molar-refractivity contribution in [3.05, 3.63) is 33.5 Å². The van der Waals surface area contributed by atoms with Crippen LogP contribution in [0.15, 0.2) is 17.5 Å². The van der Waals surface area contributed by atoms with Gasteiger partial charge in [0.2, 0.25) is 0 Å². The summed E-state index contributed by atoms with van der Waals surface area (Å²) < 4.78 is 2.89. The van der Waals surface area contributed by atoms with Crippen molar-refractivity contribution in [3.8, 4) is 0 Å². The molecule has 2 aromatic heterocycles. The van der Waals surface area contributed by atoms with Gasteiger partial charge < -0.3 is 0 Å². The van der Waals surface area contributed by atoms with E-state index in [1.165, 1.54) is 36.2 Å². The first-order valence-corrected chi connectivity index (χ1v) is 6.74. The van der Waals surface area contributed by atoms with Gasteiger partial charge in [-0.1, -0.05) is 0 Å². The molecule has 0 unspecified atom stereocenters. The van der Waals surface area contributed by atoms with Crippen LogP contribution < -0.4 is 0 Å². The van der Waals surface area contributed by atoms with Gasteiger partial charge in [0, 0.05) is 14.3 Å². The topological polar surface area (TPSA) is 0 Å². The summed E-state index contributed by atoms with van der Waals surface area (Å²) in [5.41, 5.74) is 2.86. The molecule has 0 radical (unpaired) electrons. The van der Waals surface area contributed by atoms with Gasteiger partial charge in [-0.2, -0.15) is 0 Å². The van der Waals surface area contributed by atoms with Crippen LogP contribution in [0.4, 0.5) is 0 Å². The number of aryl methyl sites for hydroxylation is 3. The molecule has 0 saturated heterocycles. The van der Waals surface area contributed by atoms with Gasteiger partial charge in [0.1, 0.15) is 0 Å². The predicted molar refractivity (Wildman–Crippen MR) is 71.4 cm³/mol. The maximum absolute atomic E-state index is 2.35. The molecule has 2 heteroatoms. The fourth-order valence-corrected chi connectivity index (χ4v) is 4.19. The van der Waals surface area contributed by atoms with Gasteiger partial charge in [-0.25, -0.2) is 0 Å². The largest absolute Gasteiger partial charge is 0.143 e. The Kier molecular flexibility index (Phi) is 1.91. The van der Waals surface area contributed by atoms with E-state index in [0.717, 1.165) is 0 Å². The van der Waals surface area contributed by atoms with E-state index in [1.54, 1.807) is 0 Å². The lowest BCUT2D eigenvalue weighted by Gasteiger charge is -1.99. The molecule has 0 aliphatic carbocycles. The third kappa shape index (κ3) is 1.25. The fourth-order valence-electron chi connectivity index (χ4n) is 2.11. The van der Waals surface area contributed by atoms with Crippen molar-refractivity contribution < 1.29 is 0 Å². The van der Waals surface area contributed by atoms with Crippen molar-refractivity contribution in [1.82, 2.24) is 0 Å². The van der Waals surface area contributed by atoms with Crippen molar-refractivity contribution >= 4 is 42.8 Å². The monoisotopic (exact) mass is 232 g/mol. The summed E-state index contributed by atoms with van der Waals surface area (Å²) in [5.74, 6) is 0. The molecule has 0 fully saturated rings. The highest BCUT2D eigenvalue weighted by Crippen LogP contribution is 2.37. The molecule has 0 nitrogen and oxygen atoms in total. The normalized spacial score (nSPS) is 11.7. The summed E-state index contributed by atoms with van der Waals surface area (Å²) in [5, 5.41) is 5.13. The van der Waals surface area contributed by atoms with Crippen molar-refractivity contribution in [1.29, 1.82) is 0 Å². The molecule has 0 aliphatic heterocycles. The number of hydrogen-bond acceptors (Lipinski definition) is 2. The number of benzene rings is 1. The van der Waals surface area contributed by atoms with Crippen LogP contribution in [0.25, 0.3) is 20.2 Å². The van der Waals surface area contributed by atoms with Crippen LogP contribution in [0.1, 0.15) is 16.0 Å². The summed E-state index contributed by atoms with van der Waals surface area (Å²) in [7, 11) is 0. The average molecular weight is 232 g/mol. The lowest BCUT2D eigenvalue weighted by Crippen LogP contribution is -1.75. The highest BCUT2D eigenvalue weighted by molar-refractivity contribution is 7.20. The van der Waals surface area contributed by atoms with E-state index < -0.39 is 0 Å². The number of hydrogen-bond donors (Lipinski definition) is 0. The van der Waals surface area contributed by atoms with Crippen LogP contribution in [-0.4, -0.2) is 0 Å². The standard InChI is InChI=1S/C13H12S2/c1-7-6-14-13-9(3)11-4-8(2)15-12(11)5-10(7)13/h4-6H,1-3H3. The van der Waals surface area contributed by atoms with E-state index in [-0.39, 0.29) is 0 Å². The minimum atomic E-state index is 1.41. The molecule has 0 saturated carbocycles. The molecular formula is C13H12S2. The van der Waals surface area contributed by atoms with Crippen LogP contribution in [0.2, 0.25) is 0 Å². The first-order valence-electron chi connectivity index (χ1n) is 5.04. The van der Waals surface area contributed by atoms with Crippen LogP contribution in [0.5, 0.6) is 0 Å². The molecule has 0 amide bonds. The second kappa shape index (κ2) is 3.06. The van der Waals surface area contributed by atoms with Crippen LogP contribution in [0.3, 0.4) is 0 Å². The highest BCUT2D eigenvalue weighted by atomic mass is 32.1. The summed E-state index contributed by atoms with van der Waals surface area (Å²) in [4.78, 5) is 1.41. The van der Waals surface area contributed by atoms with Crippen molar-refractivity contribution in [2.75, 3.05) is 0 Å². The van der Waals surface area contributed by atoms with Gasteiger partial charge in [0.25, 0.3) is 0 Å². The quantitative estimate of drug-likeness (QED) is 0.509. The molecule has 0 atom stereocenters. The van der Waals surface area contributed by atoms with E-state index in [0.29, 0.717) is 0 Å². The Bertz CT molecular complexity index is 652. The van der Waals surface area contributed by atoms with Gasteiger partial charge >= 0.3 is 0 Å². The first kappa shape index (κ1) is 9.37. The number of thiophene rings is 2. The summed E-state index contributed by atoms with van der Waals surface area (Å²) >= 11 is 3.77. The molecule has 0 aliphatic rings. The highest BCUT2D eigenvalue weighted by Gasteiger charge is 2.09. The molecule has 3 rings (SSSR count). The average Bonchev–Trinajstić information content (AvgIpc) is 2.72. The van der Waals surface area contributed by atoms with E-state index in [1.807, 2.05) is 22.7 Å². The molecule has 1 aromatic carbocycles. The lowest BCUT2D eigenvalue weighted by atomic mass is 10.1. The molecule has 0 spiro atoms. The van der Waals surface area contributed by atoms with Crippen LogP contribution >= 0.6 is 22.7 Å². The van der Waals surface area contributed by atoms with Gasteiger partial charge in [-0.3, -0.25) is 0 Å². The summed E-state index contributed by atoms with van der Waals surface area (Å²) in [6, 6.07) is 4.66. The Balaban J connectivity index is 2.60. The third-order valence-electron chi connectivity index (χ3n) is 2.93. The van der Waals surface area contributed by atoms with E-state index in [4.69, 9.17) is 0 Å². The van der Waals surface area contributed by atoms with Gasteiger partial charge in [0.05, 0.1) is 0 Å². The van der Waals surface area contributed by atoms with Gasteiger partial charge in [-0.15, -0.1) is 22.7 Å². The molecule has 0 bridgehead atoms. The predicted octanol–water partition coefficient (Wildman–Crippen LogP) is 5.04. The Morgan fingerprint density at radius 1 is 1.00 bits per heavy atom. The van der Waals surface area contributed by atoms with Crippen molar-refractivity contribution in [2.45, 2.75) is 20.8 Å². The Morgan fingerprint density at radius 3 is 2.60 bits per heavy atom. The van der Waals surface area contributed by atoms with Crippen LogP contribution in [0, 0.1) is 20.8 Å². The SMILES string of the molecule is Cc1cc2c(C)c3scc(C)c3cc2s1. The second-order valence-corrected chi connectivity index (χ2v) is 6.23. The third-order valence-corrected chi connectivity index (χ3v) is 5.16. The Labute approximate surface area is 97.2 Å². The minimum Gasteiger partial charge on any atom is -0.143 e. The molecular weight excluding hydrogens is 220 g/mol. The van der Waals surface area contributed by atoms with E-state index in [9.17, 15) is 0 Å². The molecule has 0 N–H and O–H groups in total. The molecule has 15 heavy (non-hydrogen) atoms. The minimum absolute atomic E-state index is 1.41. The zero-order valence-electron chi connectivity index (χ0n) is 9.05. The summed E-state index contributed by atoms with van der Waals surface area (Å²) in [6.45, 7) is 6.63. The molecule has 3 aromatic rings. The second-order valence-electron chi connectivity index (χ2n) is 4.07.